The zero-order valence-corrected chi connectivity index (χ0v) is 12.4. The van der Waals surface area contributed by atoms with Crippen LogP contribution in [0, 0.1) is 6.92 Å². The molecule has 0 fully saturated rings. The van der Waals surface area contributed by atoms with Crippen LogP contribution in [0.4, 0.5) is 0 Å². The molecule has 2 aromatic rings. The first-order chi connectivity index (χ1) is 8.86. The van der Waals surface area contributed by atoms with Crippen LogP contribution in [0.3, 0.4) is 0 Å². The van der Waals surface area contributed by atoms with Gasteiger partial charge in [0, 0.05) is 12.7 Å². The van der Waals surface area contributed by atoms with Crippen LogP contribution in [-0.4, -0.2) is 9.78 Å². The number of nitrogens with zero attached hydrogens (tertiary/aromatic N) is 2. The smallest absolute Gasteiger partial charge is 0.132 e. The number of ether oxygens (including phenoxy) is 1. The van der Waals surface area contributed by atoms with E-state index in [9.17, 15) is 0 Å². The van der Waals surface area contributed by atoms with Gasteiger partial charge in [0.2, 0.25) is 0 Å². The van der Waals surface area contributed by atoms with Gasteiger partial charge in [0.1, 0.15) is 18.1 Å². The van der Waals surface area contributed by atoms with Crippen LogP contribution in [0.1, 0.15) is 37.7 Å². The molecule has 0 radical (unpaired) electrons. The molecule has 1 heterocycles. The van der Waals surface area contributed by atoms with E-state index in [1.54, 1.807) is 0 Å². The Hall–Kier alpha value is -1.77. The van der Waals surface area contributed by atoms with E-state index < -0.39 is 0 Å². The van der Waals surface area contributed by atoms with Gasteiger partial charge in [-0.25, -0.2) is 0 Å². The highest BCUT2D eigenvalue weighted by Gasteiger charge is 2.14. The van der Waals surface area contributed by atoms with Gasteiger partial charge >= 0.3 is 0 Å². The summed E-state index contributed by atoms with van der Waals surface area (Å²) in [5.41, 5.74) is 3.52. The Morgan fingerprint density at radius 3 is 2.53 bits per heavy atom. The molecule has 102 valence electrons. The lowest BCUT2D eigenvalue weighted by molar-refractivity contribution is 0.299. The molecular weight excluding hydrogens is 236 g/mol. The van der Waals surface area contributed by atoms with Crippen molar-refractivity contribution in [2.24, 2.45) is 7.05 Å². The van der Waals surface area contributed by atoms with Gasteiger partial charge in [-0.2, -0.15) is 5.10 Å². The molecule has 3 heteroatoms. The summed E-state index contributed by atoms with van der Waals surface area (Å²) in [5.74, 6) is 0.899. The van der Waals surface area contributed by atoms with Crippen molar-refractivity contribution in [1.29, 1.82) is 0 Å². The first-order valence-electron chi connectivity index (χ1n) is 6.59. The van der Waals surface area contributed by atoms with Crippen molar-refractivity contribution in [2.45, 2.75) is 39.7 Å². The van der Waals surface area contributed by atoms with Crippen LogP contribution in [0.2, 0.25) is 0 Å². The Kier molecular flexibility index (Phi) is 3.65. The molecule has 19 heavy (non-hydrogen) atoms. The fourth-order valence-electron chi connectivity index (χ4n) is 1.92. The predicted molar refractivity (Wildman–Crippen MR) is 77.4 cm³/mol. The maximum atomic E-state index is 5.82. The minimum Gasteiger partial charge on any atom is -0.487 e. The van der Waals surface area contributed by atoms with Crippen molar-refractivity contribution < 1.29 is 4.74 Å². The molecule has 0 N–H and O–H groups in total. The van der Waals surface area contributed by atoms with Crippen LogP contribution < -0.4 is 4.74 Å². The topological polar surface area (TPSA) is 27.1 Å². The lowest BCUT2D eigenvalue weighted by atomic mass is 9.87. The lowest BCUT2D eigenvalue weighted by Gasteiger charge is -2.19. The summed E-state index contributed by atoms with van der Waals surface area (Å²) in [6.07, 6.45) is 0. The summed E-state index contributed by atoms with van der Waals surface area (Å²) in [6.45, 7) is 9.16. The molecule has 0 aliphatic rings. The van der Waals surface area contributed by atoms with Crippen molar-refractivity contribution in [2.75, 3.05) is 0 Å². The zero-order valence-electron chi connectivity index (χ0n) is 12.4. The number of benzene rings is 1. The minimum absolute atomic E-state index is 0.140. The standard InChI is InChI=1S/C16H22N2O/c1-12-9-14(17-18(12)5)11-19-15-8-6-7-13(10-15)16(2,3)4/h6-10H,11H2,1-5H3. The van der Waals surface area contributed by atoms with Crippen LogP contribution >= 0.6 is 0 Å². The third-order valence-corrected chi connectivity index (χ3v) is 3.25. The molecule has 0 spiro atoms. The second-order valence-corrected chi connectivity index (χ2v) is 5.97. The van der Waals surface area contributed by atoms with E-state index in [-0.39, 0.29) is 5.41 Å². The van der Waals surface area contributed by atoms with E-state index in [0.717, 1.165) is 17.1 Å². The van der Waals surface area contributed by atoms with Crippen molar-refractivity contribution in [3.8, 4) is 5.75 Å². The van der Waals surface area contributed by atoms with E-state index in [2.05, 4.69) is 38.0 Å². The fraction of sp³-hybridized carbons (Fsp3) is 0.438. The quantitative estimate of drug-likeness (QED) is 0.841. The van der Waals surface area contributed by atoms with Crippen LogP contribution in [0.15, 0.2) is 30.3 Å². The highest BCUT2D eigenvalue weighted by Crippen LogP contribution is 2.25. The van der Waals surface area contributed by atoms with Gasteiger partial charge in [-0.05, 0) is 36.1 Å². The highest BCUT2D eigenvalue weighted by atomic mass is 16.5. The van der Waals surface area contributed by atoms with Crippen LogP contribution in [-0.2, 0) is 19.1 Å². The molecule has 0 unspecified atom stereocenters. The molecule has 0 bridgehead atoms. The molecular formula is C16H22N2O. The van der Waals surface area contributed by atoms with E-state index in [1.165, 1.54) is 5.56 Å². The number of rotatable bonds is 3. The second-order valence-electron chi connectivity index (χ2n) is 5.97. The first kappa shape index (κ1) is 13.7. The van der Waals surface area contributed by atoms with Gasteiger partial charge < -0.3 is 4.74 Å². The van der Waals surface area contributed by atoms with E-state index in [0.29, 0.717) is 6.61 Å². The largest absolute Gasteiger partial charge is 0.487 e. The Bertz CT molecular complexity index is 545. The second kappa shape index (κ2) is 5.08. The van der Waals surface area contributed by atoms with Crippen LogP contribution in [0.25, 0.3) is 0 Å². The molecule has 1 aromatic heterocycles. The van der Waals surface area contributed by atoms with Gasteiger partial charge in [-0.15, -0.1) is 0 Å². The SMILES string of the molecule is Cc1cc(COc2cccc(C(C)(C)C)c2)nn1C. The average Bonchev–Trinajstić information content (AvgIpc) is 2.66. The third-order valence-electron chi connectivity index (χ3n) is 3.25. The maximum absolute atomic E-state index is 5.82. The Morgan fingerprint density at radius 1 is 1.21 bits per heavy atom. The van der Waals surface area contributed by atoms with Gasteiger partial charge in [-0.3, -0.25) is 4.68 Å². The molecule has 0 saturated heterocycles. The summed E-state index contributed by atoms with van der Waals surface area (Å²) in [4.78, 5) is 0. The van der Waals surface area contributed by atoms with Crippen LogP contribution in [0.5, 0.6) is 5.75 Å². The Balaban J connectivity index is 2.07. The summed E-state index contributed by atoms with van der Waals surface area (Å²) in [7, 11) is 1.94. The summed E-state index contributed by atoms with van der Waals surface area (Å²) < 4.78 is 7.69. The van der Waals surface area contributed by atoms with Crippen molar-refractivity contribution in [3.63, 3.8) is 0 Å². The number of aryl methyl sites for hydroxylation is 2. The fourth-order valence-corrected chi connectivity index (χ4v) is 1.92. The normalized spacial score (nSPS) is 11.6. The van der Waals surface area contributed by atoms with Crippen molar-refractivity contribution in [1.82, 2.24) is 9.78 Å². The van der Waals surface area contributed by atoms with Crippen molar-refractivity contribution >= 4 is 0 Å². The average molecular weight is 258 g/mol. The minimum atomic E-state index is 0.140. The van der Waals surface area contributed by atoms with Gasteiger partial charge in [-0.1, -0.05) is 32.9 Å². The summed E-state index contributed by atoms with van der Waals surface area (Å²) in [5, 5.41) is 4.39. The molecule has 1 aromatic carbocycles. The molecule has 2 rings (SSSR count). The first-order valence-corrected chi connectivity index (χ1v) is 6.59. The molecule has 0 saturated carbocycles. The van der Waals surface area contributed by atoms with Gasteiger partial charge in [0.15, 0.2) is 0 Å². The van der Waals surface area contributed by atoms with E-state index >= 15 is 0 Å². The maximum Gasteiger partial charge on any atom is 0.132 e. The summed E-state index contributed by atoms with van der Waals surface area (Å²) >= 11 is 0. The van der Waals surface area contributed by atoms with E-state index in [1.807, 2.05) is 36.9 Å². The van der Waals surface area contributed by atoms with Crippen molar-refractivity contribution in [3.05, 3.63) is 47.3 Å². The number of hydrogen-bond donors (Lipinski definition) is 0. The molecule has 3 nitrogen and oxygen atoms in total. The predicted octanol–water partition coefficient (Wildman–Crippen LogP) is 3.61. The zero-order chi connectivity index (χ0) is 14.0. The summed E-state index contributed by atoms with van der Waals surface area (Å²) in [6, 6.07) is 10.3. The van der Waals surface area contributed by atoms with E-state index in [4.69, 9.17) is 4.74 Å². The monoisotopic (exact) mass is 258 g/mol. The van der Waals surface area contributed by atoms with Gasteiger partial charge in [0.25, 0.3) is 0 Å². The molecule has 0 amide bonds. The number of hydrogen-bond acceptors (Lipinski definition) is 2. The highest BCUT2D eigenvalue weighted by molar-refractivity contribution is 5.32. The molecule has 0 aliphatic heterocycles. The number of aromatic nitrogens is 2. The van der Waals surface area contributed by atoms with Gasteiger partial charge in [0.05, 0.1) is 0 Å². The Morgan fingerprint density at radius 2 is 1.95 bits per heavy atom. The third kappa shape index (κ3) is 3.37. The lowest BCUT2D eigenvalue weighted by Crippen LogP contribution is -2.11. The Labute approximate surface area is 115 Å². The molecule has 0 aliphatic carbocycles. The molecule has 0 atom stereocenters.